The van der Waals surface area contributed by atoms with Crippen molar-refractivity contribution in [3.8, 4) is 0 Å². The number of hydrogen-bond acceptors (Lipinski definition) is 3. The second-order valence-electron chi connectivity index (χ2n) is 5.25. The molecule has 2 aliphatic heterocycles. The molecule has 0 saturated carbocycles. The maximum Gasteiger partial charge on any atom is 0.186 e. The number of aliphatic imine (C=N–C) groups is 1. The summed E-state index contributed by atoms with van der Waals surface area (Å²) in [6.45, 7) is 2.66. The predicted molar refractivity (Wildman–Crippen MR) is 72.9 cm³/mol. The van der Waals surface area contributed by atoms with Gasteiger partial charge in [0.2, 0.25) is 0 Å². The molecule has 1 saturated heterocycles. The van der Waals surface area contributed by atoms with Crippen molar-refractivity contribution in [2.45, 2.75) is 25.3 Å². The first-order valence-electron chi connectivity index (χ1n) is 6.97. The molecule has 0 spiro atoms. The highest BCUT2D eigenvalue weighted by Crippen LogP contribution is 2.21. The van der Waals surface area contributed by atoms with Crippen LogP contribution in [0.25, 0.3) is 0 Å². The van der Waals surface area contributed by atoms with E-state index in [1.165, 1.54) is 6.07 Å². The van der Waals surface area contributed by atoms with E-state index in [2.05, 4.69) is 10.3 Å². The molecule has 1 fully saturated rings. The van der Waals surface area contributed by atoms with Crippen molar-refractivity contribution < 1.29 is 9.13 Å². The minimum atomic E-state index is -0.145. The van der Waals surface area contributed by atoms with E-state index in [1.807, 2.05) is 12.1 Å². The number of piperidine rings is 1. The van der Waals surface area contributed by atoms with Crippen LogP contribution in [0, 0.1) is 11.7 Å². The highest BCUT2D eigenvalue weighted by Gasteiger charge is 2.27. The molecule has 1 aromatic carbocycles. The summed E-state index contributed by atoms with van der Waals surface area (Å²) in [5, 5.41) is 3.34. The number of hydrogen-bond donors (Lipinski definition) is 1. The summed E-state index contributed by atoms with van der Waals surface area (Å²) in [4.78, 5) is 4.65. The van der Waals surface area contributed by atoms with Gasteiger partial charge in [-0.25, -0.2) is 9.38 Å². The molecule has 3 rings (SSSR count). The summed E-state index contributed by atoms with van der Waals surface area (Å²) in [5.41, 5.74) is 0.728. The molecule has 2 aliphatic rings. The molecule has 4 heteroatoms. The first-order chi connectivity index (χ1) is 9.33. The summed E-state index contributed by atoms with van der Waals surface area (Å²) in [6, 6.07) is 6.98. The number of benzene rings is 1. The van der Waals surface area contributed by atoms with Crippen molar-refractivity contribution in [3.05, 3.63) is 35.6 Å². The highest BCUT2D eigenvalue weighted by atomic mass is 19.1. The normalized spacial score (nSPS) is 24.1. The van der Waals surface area contributed by atoms with E-state index < -0.39 is 0 Å². The second-order valence-corrected chi connectivity index (χ2v) is 5.25. The van der Waals surface area contributed by atoms with Gasteiger partial charge in [-0.1, -0.05) is 18.2 Å². The topological polar surface area (TPSA) is 33.6 Å². The zero-order valence-corrected chi connectivity index (χ0v) is 10.9. The molecule has 0 aromatic heterocycles. The van der Waals surface area contributed by atoms with Crippen molar-refractivity contribution in [2.24, 2.45) is 10.9 Å². The van der Waals surface area contributed by atoms with Crippen LogP contribution in [0.1, 0.15) is 18.4 Å². The fourth-order valence-corrected chi connectivity index (χ4v) is 2.75. The first kappa shape index (κ1) is 12.6. The van der Waals surface area contributed by atoms with Gasteiger partial charge < -0.3 is 10.1 Å². The second kappa shape index (κ2) is 5.70. The summed E-state index contributed by atoms with van der Waals surface area (Å²) >= 11 is 0. The number of ether oxygens (including phenoxy) is 1. The van der Waals surface area contributed by atoms with E-state index in [1.54, 1.807) is 6.07 Å². The number of halogens is 1. The zero-order valence-electron chi connectivity index (χ0n) is 10.9. The van der Waals surface area contributed by atoms with Gasteiger partial charge in [0.15, 0.2) is 5.90 Å². The average Bonchev–Trinajstić information content (AvgIpc) is 2.91. The fourth-order valence-electron chi connectivity index (χ4n) is 2.75. The molecule has 0 amide bonds. The van der Waals surface area contributed by atoms with Crippen molar-refractivity contribution >= 4 is 5.90 Å². The summed E-state index contributed by atoms with van der Waals surface area (Å²) in [6.07, 6.45) is 2.80. The van der Waals surface area contributed by atoms with Gasteiger partial charge in [0.25, 0.3) is 0 Å². The molecular formula is C15H19FN2O. The minimum Gasteiger partial charge on any atom is -0.478 e. The van der Waals surface area contributed by atoms with Gasteiger partial charge in [0.1, 0.15) is 12.4 Å². The maximum atomic E-state index is 13.6. The fraction of sp³-hybridized carbons (Fsp3) is 0.533. The van der Waals surface area contributed by atoms with Crippen LogP contribution in [0.5, 0.6) is 0 Å². The third-order valence-corrected chi connectivity index (χ3v) is 3.84. The molecule has 102 valence electrons. The Morgan fingerprint density at radius 2 is 2.05 bits per heavy atom. The summed E-state index contributed by atoms with van der Waals surface area (Å²) in [5.74, 6) is 1.20. The van der Waals surface area contributed by atoms with Crippen molar-refractivity contribution in [2.75, 3.05) is 19.7 Å². The molecule has 1 aromatic rings. The quantitative estimate of drug-likeness (QED) is 0.905. The Kier molecular flexibility index (Phi) is 3.78. The van der Waals surface area contributed by atoms with E-state index in [0.29, 0.717) is 18.9 Å². The molecule has 1 N–H and O–H groups in total. The van der Waals surface area contributed by atoms with Crippen molar-refractivity contribution in [1.82, 2.24) is 5.32 Å². The lowest BCUT2D eigenvalue weighted by atomic mass is 9.98. The molecule has 0 radical (unpaired) electrons. The van der Waals surface area contributed by atoms with Gasteiger partial charge in [-0.15, -0.1) is 0 Å². The van der Waals surface area contributed by atoms with E-state index >= 15 is 0 Å². The van der Waals surface area contributed by atoms with Crippen LogP contribution in [-0.4, -0.2) is 31.6 Å². The molecular weight excluding hydrogens is 243 g/mol. The molecule has 3 nitrogen and oxygen atoms in total. The van der Waals surface area contributed by atoms with Crippen molar-refractivity contribution in [1.29, 1.82) is 0 Å². The first-order valence-corrected chi connectivity index (χ1v) is 6.97. The Labute approximate surface area is 112 Å². The lowest BCUT2D eigenvalue weighted by Crippen LogP contribution is -2.31. The van der Waals surface area contributed by atoms with Gasteiger partial charge in [0, 0.05) is 12.3 Å². The van der Waals surface area contributed by atoms with E-state index in [-0.39, 0.29) is 11.9 Å². The van der Waals surface area contributed by atoms with Gasteiger partial charge >= 0.3 is 0 Å². The Morgan fingerprint density at radius 1 is 1.26 bits per heavy atom. The smallest absolute Gasteiger partial charge is 0.186 e. The third-order valence-electron chi connectivity index (χ3n) is 3.84. The van der Waals surface area contributed by atoms with Gasteiger partial charge in [0.05, 0.1) is 6.04 Å². The van der Waals surface area contributed by atoms with Crippen LogP contribution >= 0.6 is 0 Å². The zero-order chi connectivity index (χ0) is 13.1. The summed E-state index contributed by atoms with van der Waals surface area (Å²) in [7, 11) is 0. The number of rotatable bonds is 3. The van der Waals surface area contributed by atoms with E-state index in [9.17, 15) is 4.39 Å². The molecule has 1 unspecified atom stereocenters. The Bertz CT molecular complexity index is 469. The van der Waals surface area contributed by atoms with Crippen LogP contribution in [-0.2, 0) is 11.2 Å². The largest absolute Gasteiger partial charge is 0.478 e. The van der Waals surface area contributed by atoms with Gasteiger partial charge in [-0.3, -0.25) is 0 Å². The van der Waals surface area contributed by atoms with E-state index in [4.69, 9.17) is 4.74 Å². The monoisotopic (exact) mass is 262 g/mol. The Morgan fingerprint density at radius 3 is 2.84 bits per heavy atom. The lowest BCUT2D eigenvalue weighted by Gasteiger charge is -2.21. The third kappa shape index (κ3) is 2.95. The SMILES string of the molecule is Fc1ccccc1CC1COC(C2CCNCC2)=N1. The van der Waals surface area contributed by atoms with E-state index in [0.717, 1.165) is 37.4 Å². The summed E-state index contributed by atoms with van der Waals surface area (Å²) < 4.78 is 19.3. The Hall–Kier alpha value is -1.42. The van der Waals surface area contributed by atoms with Crippen LogP contribution in [0.2, 0.25) is 0 Å². The van der Waals surface area contributed by atoms with Gasteiger partial charge in [-0.2, -0.15) is 0 Å². The number of nitrogens with zero attached hydrogens (tertiary/aromatic N) is 1. The molecule has 19 heavy (non-hydrogen) atoms. The molecule has 0 aliphatic carbocycles. The molecule has 2 heterocycles. The number of nitrogens with one attached hydrogen (secondary N) is 1. The van der Waals surface area contributed by atoms with Crippen LogP contribution < -0.4 is 5.32 Å². The average molecular weight is 262 g/mol. The van der Waals surface area contributed by atoms with Crippen LogP contribution in [0.4, 0.5) is 4.39 Å². The van der Waals surface area contributed by atoms with Crippen LogP contribution in [0.15, 0.2) is 29.3 Å². The minimum absolute atomic E-state index is 0.0711. The highest BCUT2D eigenvalue weighted by molar-refractivity contribution is 5.80. The predicted octanol–water partition coefficient (Wildman–Crippen LogP) is 2.17. The molecule has 0 bridgehead atoms. The maximum absolute atomic E-state index is 13.6. The standard InChI is InChI=1S/C15H19FN2O/c16-14-4-2-1-3-12(14)9-13-10-19-15(18-13)11-5-7-17-8-6-11/h1-4,11,13,17H,5-10H2. The molecule has 1 atom stereocenters. The van der Waals surface area contributed by atoms with Crippen LogP contribution in [0.3, 0.4) is 0 Å². The lowest BCUT2D eigenvalue weighted by molar-refractivity contribution is 0.283. The van der Waals surface area contributed by atoms with Crippen molar-refractivity contribution in [3.63, 3.8) is 0 Å². The van der Waals surface area contributed by atoms with Gasteiger partial charge in [-0.05, 0) is 37.6 Å². The Balaban J connectivity index is 1.64.